The van der Waals surface area contributed by atoms with E-state index >= 15 is 0 Å². The molecule has 1 N–H and O–H groups in total. The molecule has 3 aromatic carbocycles. The molecule has 0 heterocycles. The highest BCUT2D eigenvalue weighted by Crippen LogP contribution is 2.33. The van der Waals surface area contributed by atoms with E-state index in [1.807, 2.05) is 72.8 Å². The van der Waals surface area contributed by atoms with Crippen molar-refractivity contribution in [2.75, 3.05) is 7.11 Å². The number of hydrogen-bond acceptors (Lipinski definition) is 3. The third-order valence-corrected chi connectivity index (χ3v) is 4.04. The fourth-order valence-corrected chi connectivity index (χ4v) is 2.82. The van der Waals surface area contributed by atoms with E-state index in [0.29, 0.717) is 5.56 Å². The quantitative estimate of drug-likeness (QED) is 0.745. The molecule has 0 aliphatic heterocycles. The number of carbonyl (C=O) groups is 1. The lowest BCUT2D eigenvalue weighted by Gasteiger charge is -2.22. The third-order valence-electron chi connectivity index (χ3n) is 4.04. The Hall–Kier alpha value is -2.65. The van der Waals surface area contributed by atoms with Gasteiger partial charge in [-0.15, -0.1) is 0 Å². The molecule has 0 aromatic heterocycles. The molecule has 0 saturated carbocycles. The van der Waals surface area contributed by atoms with Gasteiger partial charge in [0.2, 0.25) is 0 Å². The summed E-state index contributed by atoms with van der Waals surface area (Å²) in [7, 11) is 1.34. The zero-order valence-corrected chi connectivity index (χ0v) is 12.8. The van der Waals surface area contributed by atoms with Crippen LogP contribution in [0.3, 0.4) is 0 Å². The van der Waals surface area contributed by atoms with Gasteiger partial charge in [-0.3, -0.25) is 4.79 Å². The van der Waals surface area contributed by atoms with Gasteiger partial charge in [0.25, 0.3) is 0 Å². The minimum atomic E-state index is -0.963. The van der Waals surface area contributed by atoms with Gasteiger partial charge >= 0.3 is 5.97 Å². The summed E-state index contributed by atoms with van der Waals surface area (Å²) in [6, 6.07) is 22.9. The highest BCUT2D eigenvalue weighted by molar-refractivity contribution is 5.84. The second-order valence-corrected chi connectivity index (χ2v) is 5.46. The summed E-state index contributed by atoms with van der Waals surface area (Å²) < 4.78 is 4.90. The first kappa shape index (κ1) is 15.3. The highest BCUT2D eigenvalue weighted by Gasteiger charge is 2.30. The molecule has 0 aliphatic carbocycles. The summed E-state index contributed by atoms with van der Waals surface area (Å²) in [5.74, 6) is -1.20. The van der Waals surface area contributed by atoms with Crippen molar-refractivity contribution in [3.8, 4) is 0 Å². The van der Waals surface area contributed by atoms with Crippen LogP contribution in [0.1, 0.15) is 23.1 Å². The van der Waals surface area contributed by atoms with Crippen LogP contribution in [-0.2, 0) is 9.53 Å². The maximum Gasteiger partial charge on any atom is 0.316 e. The van der Waals surface area contributed by atoms with E-state index in [0.717, 1.165) is 16.3 Å². The molecule has 2 atom stereocenters. The van der Waals surface area contributed by atoms with Crippen molar-refractivity contribution in [1.82, 2.24) is 0 Å². The van der Waals surface area contributed by atoms with Crippen molar-refractivity contribution >= 4 is 16.7 Å². The van der Waals surface area contributed by atoms with Gasteiger partial charge in [0.15, 0.2) is 0 Å². The summed E-state index contributed by atoms with van der Waals surface area (Å²) in [6.07, 6.45) is -0.963. The Balaban J connectivity index is 2.02. The van der Waals surface area contributed by atoms with Crippen LogP contribution in [0.2, 0.25) is 0 Å². The first-order valence-corrected chi connectivity index (χ1v) is 7.50. The molecule has 0 bridgehead atoms. The predicted molar refractivity (Wildman–Crippen MR) is 90.1 cm³/mol. The number of aliphatic hydroxyl groups is 1. The maximum absolute atomic E-state index is 12.2. The Kier molecular flexibility index (Phi) is 4.40. The van der Waals surface area contributed by atoms with Crippen molar-refractivity contribution in [1.29, 1.82) is 0 Å². The van der Waals surface area contributed by atoms with Gasteiger partial charge in [-0.1, -0.05) is 66.7 Å². The van der Waals surface area contributed by atoms with E-state index in [9.17, 15) is 9.90 Å². The van der Waals surface area contributed by atoms with Gasteiger partial charge < -0.3 is 9.84 Å². The number of esters is 1. The van der Waals surface area contributed by atoms with E-state index in [-0.39, 0.29) is 0 Å². The fourth-order valence-electron chi connectivity index (χ4n) is 2.82. The fraction of sp³-hybridized carbons (Fsp3) is 0.150. The van der Waals surface area contributed by atoms with Crippen LogP contribution in [0.15, 0.2) is 72.8 Å². The van der Waals surface area contributed by atoms with Crippen molar-refractivity contribution in [3.05, 3.63) is 83.9 Å². The lowest BCUT2D eigenvalue weighted by atomic mass is 9.88. The zero-order chi connectivity index (χ0) is 16.2. The minimum absolute atomic E-state index is 0.447. The van der Waals surface area contributed by atoms with Gasteiger partial charge in [0.05, 0.1) is 13.2 Å². The van der Waals surface area contributed by atoms with E-state index in [2.05, 4.69) is 0 Å². The molecule has 0 aliphatic rings. The van der Waals surface area contributed by atoms with Crippen LogP contribution in [0.5, 0.6) is 0 Å². The second-order valence-electron chi connectivity index (χ2n) is 5.46. The van der Waals surface area contributed by atoms with Gasteiger partial charge in [0, 0.05) is 0 Å². The molecule has 0 unspecified atom stereocenters. The monoisotopic (exact) mass is 306 g/mol. The molecule has 0 amide bonds. The Bertz CT molecular complexity index is 811. The number of fused-ring (bicyclic) bond motifs is 1. The lowest BCUT2D eigenvalue weighted by molar-refractivity contribution is -0.145. The van der Waals surface area contributed by atoms with Crippen LogP contribution in [0.25, 0.3) is 10.8 Å². The molecule has 0 radical (unpaired) electrons. The summed E-state index contributed by atoms with van der Waals surface area (Å²) in [6.45, 7) is 0. The summed E-state index contributed by atoms with van der Waals surface area (Å²) in [4.78, 5) is 12.2. The molecule has 23 heavy (non-hydrogen) atoms. The summed E-state index contributed by atoms with van der Waals surface area (Å²) >= 11 is 0. The summed E-state index contributed by atoms with van der Waals surface area (Å²) in [5, 5.41) is 12.9. The summed E-state index contributed by atoms with van der Waals surface area (Å²) in [5.41, 5.74) is 1.43. The Morgan fingerprint density at radius 2 is 1.52 bits per heavy atom. The van der Waals surface area contributed by atoms with Gasteiger partial charge in [-0.25, -0.2) is 0 Å². The molecule has 3 nitrogen and oxygen atoms in total. The topological polar surface area (TPSA) is 46.5 Å². The Morgan fingerprint density at radius 3 is 2.22 bits per heavy atom. The van der Waals surface area contributed by atoms with Gasteiger partial charge in [-0.05, 0) is 28.0 Å². The van der Waals surface area contributed by atoms with Crippen LogP contribution >= 0.6 is 0 Å². The first-order valence-electron chi connectivity index (χ1n) is 7.50. The van der Waals surface area contributed by atoms with E-state index in [1.54, 1.807) is 0 Å². The average Bonchev–Trinajstić information content (AvgIpc) is 2.62. The number of aliphatic hydroxyl groups excluding tert-OH is 1. The SMILES string of the molecule is COC(=O)[C@@H](c1ccccc1)[C@@H](O)c1ccc2ccccc2c1. The zero-order valence-electron chi connectivity index (χ0n) is 12.8. The van der Waals surface area contributed by atoms with E-state index < -0.39 is 18.0 Å². The van der Waals surface area contributed by atoms with Crippen LogP contribution in [0, 0.1) is 0 Å². The Labute approximate surface area is 135 Å². The number of methoxy groups -OCH3 is 1. The molecule has 0 saturated heterocycles. The number of hydrogen-bond donors (Lipinski definition) is 1. The molecule has 3 heteroatoms. The third kappa shape index (κ3) is 3.10. The molecule has 3 aromatic rings. The number of benzene rings is 3. The van der Waals surface area contributed by atoms with Crippen molar-refractivity contribution in [2.24, 2.45) is 0 Å². The molecule has 3 rings (SSSR count). The molecular weight excluding hydrogens is 288 g/mol. The lowest BCUT2D eigenvalue weighted by Crippen LogP contribution is -2.21. The Morgan fingerprint density at radius 1 is 0.870 bits per heavy atom. The van der Waals surface area contributed by atoms with E-state index in [1.165, 1.54) is 7.11 Å². The minimum Gasteiger partial charge on any atom is -0.468 e. The standard InChI is InChI=1S/C20H18O3/c1-23-20(22)18(15-8-3-2-4-9-15)19(21)17-12-11-14-7-5-6-10-16(14)13-17/h2-13,18-19,21H,1H3/t18-,19-/m0/s1. The maximum atomic E-state index is 12.2. The number of ether oxygens (including phenoxy) is 1. The smallest absolute Gasteiger partial charge is 0.316 e. The molecular formula is C20H18O3. The number of rotatable bonds is 4. The van der Waals surface area contributed by atoms with Crippen molar-refractivity contribution in [3.63, 3.8) is 0 Å². The van der Waals surface area contributed by atoms with Crippen LogP contribution < -0.4 is 0 Å². The van der Waals surface area contributed by atoms with Crippen LogP contribution in [0.4, 0.5) is 0 Å². The van der Waals surface area contributed by atoms with Gasteiger partial charge in [-0.2, -0.15) is 0 Å². The van der Waals surface area contributed by atoms with Gasteiger partial charge in [0.1, 0.15) is 5.92 Å². The second kappa shape index (κ2) is 6.63. The average molecular weight is 306 g/mol. The largest absolute Gasteiger partial charge is 0.468 e. The highest BCUT2D eigenvalue weighted by atomic mass is 16.5. The molecule has 0 fully saturated rings. The molecule has 0 spiro atoms. The number of carbonyl (C=O) groups excluding carboxylic acids is 1. The predicted octanol–water partition coefficient (Wildman–Crippen LogP) is 3.83. The van der Waals surface area contributed by atoms with Crippen LogP contribution in [-0.4, -0.2) is 18.2 Å². The van der Waals surface area contributed by atoms with Crippen molar-refractivity contribution < 1.29 is 14.6 Å². The first-order chi connectivity index (χ1) is 11.2. The van der Waals surface area contributed by atoms with E-state index in [4.69, 9.17) is 4.74 Å². The molecule has 116 valence electrons. The normalized spacial score (nSPS) is 13.5. The van der Waals surface area contributed by atoms with Crippen molar-refractivity contribution in [2.45, 2.75) is 12.0 Å².